The second kappa shape index (κ2) is 6.83. The number of aromatic nitrogens is 5. The van der Waals surface area contributed by atoms with Gasteiger partial charge in [-0.3, -0.25) is 19.3 Å². The molecule has 0 atom stereocenters. The molecule has 0 aliphatic heterocycles. The second-order valence-electron chi connectivity index (χ2n) is 5.82. The van der Waals surface area contributed by atoms with Gasteiger partial charge in [-0.05, 0) is 13.0 Å². The smallest absolute Gasteiger partial charge is 0.325 e. The van der Waals surface area contributed by atoms with Crippen molar-refractivity contribution in [1.82, 2.24) is 24.7 Å². The quantitative estimate of drug-likeness (QED) is 0.535. The van der Waals surface area contributed by atoms with Gasteiger partial charge in [0.2, 0.25) is 0 Å². The zero-order valence-corrected chi connectivity index (χ0v) is 14.4. The van der Waals surface area contributed by atoms with E-state index in [9.17, 15) is 9.59 Å². The first-order valence-electron chi connectivity index (χ1n) is 7.93. The van der Waals surface area contributed by atoms with Crippen LogP contribution in [0.3, 0.4) is 0 Å². The molecule has 132 valence electrons. The fourth-order valence-electron chi connectivity index (χ4n) is 2.74. The predicted octanol–water partition coefficient (Wildman–Crippen LogP) is 2.21. The highest BCUT2D eigenvalue weighted by Gasteiger charge is 2.20. The Balaban J connectivity index is 2.32. The Morgan fingerprint density at radius 1 is 1.31 bits per heavy atom. The number of allylic oxidation sites excluding steroid dienone is 1. The van der Waals surface area contributed by atoms with Gasteiger partial charge in [0.05, 0.1) is 16.9 Å². The van der Waals surface area contributed by atoms with Crippen LogP contribution < -0.4 is 0 Å². The van der Waals surface area contributed by atoms with Crippen LogP contribution in [0.1, 0.15) is 28.9 Å². The lowest BCUT2D eigenvalue weighted by Gasteiger charge is -2.08. The summed E-state index contributed by atoms with van der Waals surface area (Å²) in [6, 6.07) is 1.72. The number of ketones is 1. The SMILES string of the molecule is C=CCc1nc(-c2cnc(C)nc2)cc2c(C(C)=O)nn(CC(=O)O)c12. The van der Waals surface area contributed by atoms with Crippen LogP contribution in [0, 0.1) is 6.92 Å². The van der Waals surface area contributed by atoms with Crippen molar-refractivity contribution in [3.8, 4) is 11.3 Å². The minimum atomic E-state index is -1.05. The molecule has 0 unspecified atom stereocenters. The summed E-state index contributed by atoms with van der Waals surface area (Å²) in [6.45, 7) is 6.56. The molecule has 3 aromatic rings. The third kappa shape index (κ3) is 3.21. The van der Waals surface area contributed by atoms with Gasteiger partial charge >= 0.3 is 5.97 Å². The summed E-state index contributed by atoms with van der Waals surface area (Å²) < 4.78 is 1.30. The fourth-order valence-corrected chi connectivity index (χ4v) is 2.74. The molecule has 8 heteroatoms. The summed E-state index contributed by atoms with van der Waals surface area (Å²) in [4.78, 5) is 36.2. The molecule has 0 amide bonds. The van der Waals surface area contributed by atoms with Crippen molar-refractivity contribution in [3.63, 3.8) is 0 Å². The number of rotatable bonds is 6. The standard InChI is InChI=1S/C18H17N5O3/c1-4-5-14-18-13(17(10(2)24)22-23(18)9-16(25)26)6-15(21-14)12-7-19-11(3)20-8-12/h4,6-8H,1,5,9H2,2-3H3,(H,25,26). The van der Waals surface area contributed by atoms with Crippen LogP contribution in [0.5, 0.6) is 0 Å². The summed E-state index contributed by atoms with van der Waals surface area (Å²) >= 11 is 0. The molecule has 0 aliphatic rings. The largest absolute Gasteiger partial charge is 0.480 e. The highest BCUT2D eigenvalue weighted by atomic mass is 16.4. The van der Waals surface area contributed by atoms with Gasteiger partial charge in [0.1, 0.15) is 18.1 Å². The maximum Gasteiger partial charge on any atom is 0.325 e. The molecule has 0 saturated carbocycles. The lowest BCUT2D eigenvalue weighted by Crippen LogP contribution is -2.12. The predicted molar refractivity (Wildman–Crippen MR) is 94.8 cm³/mol. The van der Waals surface area contributed by atoms with Gasteiger partial charge in [-0.2, -0.15) is 5.10 Å². The zero-order valence-electron chi connectivity index (χ0n) is 14.4. The normalized spacial score (nSPS) is 10.8. The molecule has 3 heterocycles. The Morgan fingerprint density at radius 3 is 2.58 bits per heavy atom. The highest BCUT2D eigenvalue weighted by molar-refractivity contribution is 6.06. The van der Waals surface area contributed by atoms with Crippen molar-refractivity contribution in [2.24, 2.45) is 0 Å². The van der Waals surface area contributed by atoms with Crippen LogP contribution in [0.4, 0.5) is 0 Å². The van der Waals surface area contributed by atoms with E-state index in [0.717, 1.165) is 0 Å². The topological polar surface area (TPSA) is 111 Å². The number of hydrogen-bond donors (Lipinski definition) is 1. The van der Waals surface area contributed by atoms with Gasteiger partial charge in [0, 0.05) is 36.7 Å². The molecule has 8 nitrogen and oxygen atoms in total. The third-order valence-corrected chi connectivity index (χ3v) is 3.83. The van der Waals surface area contributed by atoms with Gasteiger partial charge in [0.15, 0.2) is 5.78 Å². The van der Waals surface area contributed by atoms with Crippen molar-refractivity contribution in [2.75, 3.05) is 0 Å². The Hall–Kier alpha value is -3.42. The van der Waals surface area contributed by atoms with Crippen LogP contribution in [0.25, 0.3) is 22.2 Å². The van der Waals surface area contributed by atoms with Crippen LogP contribution in [-0.4, -0.2) is 41.6 Å². The minimum absolute atomic E-state index is 0.211. The average Bonchev–Trinajstić information content (AvgIpc) is 2.94. The summed E-state index contributed by atoms with van der Waals surface area (Å²) in [5, 5.41) is 13.9. The maximum absolute atomic E-state index is 12.0. The first-order valence-corrected chi connectivity index (χ1v) is 7.93. The molecule has 3 rings (SSSR count). The number of carboxylic acids is 1. The van der Waals surface area contributed by atoms with Gasteiger partial charge < -0.3 is 5.11 Å². The first-order chi connectivity index (χ1) is 12.4. The molecule has 3 aromatic heterocycles. The summed E-state index contributed by atoms with van der Waals surface area (Å²) in [5.41, 5.74) is 2.61. The van der Waals surface area contributed by atoms with Crippen LogP contribution in [0.2, 0.25) is 0 Å². The van der Waals surface area contributed by atoms with Crippen molar-refractivity contribution < 1.29 is 14.7 Å². The molecule has 1 N–H and O–H groups in total. The van der Waals surface area contributed by atoms with Crippen LogP contribution in [-0.2, 0) is 17.8 Å². The lowest BCUT2D eigenvalue weighted by molar-refractivity contribution is -0.137. The number of pyridine rings is 1. The van der Waals surface area contributed by atoms with E-state index in [0.29, 0.717) is 40.1 Å². The number of Topliss-reactive ketones (excluding diaryl/α,β-unsaturated/α-hetero) is 1. The lowest BCUT2D eigenvalue weighted by atomic mass is 10.1. The Morgan fingerprint density at radius 2 is 2.00 bits per heavy atom. The molecule has 0 fully saturated rings. The van der Waals surface area contributed by atoms with Crippen molar-refractivity contribution in [3.05, 3.63) is 48.3 Å². The third-order valence-electron chi connectivity index (χ3n) is 3.83. The summed E-state index contributed by atoms with van der Waals surface area (Å²) in [6.07, 6.45) is 5.38. The number of hydrogen-bond acceptors (Lipinski definition) is 6. The Bertz CT molecular complexity index is 1020. The van der Waals surface area contributed by atoms with E-state index in [1.807, 2.05) is 0 Å². The number of nitrogens with zero attached hydrogens (tertiary/aromatic N) is 5. The average molecular weight is 351 g/mol. The van der Waals surface area contributed by atoms with E-state index in [1.165, 1.54) is 11.6 Å². The van der Waals surface area contributed by atoms with E-state index < -0.39 is 5.97 Å². The van der Waals surface area contributed by atoms with Crippen molar-refractivity contribution in [1.29, 1.82) is 0 Å². The number of carbonyl (C=O) groups is 2. The number of fused-ring (bicyclic) bond motifs is 1. The minimum Gasteiger partial charge on any atom is -0.480 e. The molecule has 0 aromatic carbocycles. The van der Waals surface area contributed by atoms with Crippen molar-refractivity contribution in [2.45, 2.75) is 26.8 Å². The summed E-state index contributed by atoms with van der Waals surface area (Å²) in [7, 11) is 0. The van der Waals surface area contributed by atoms with Gasteiger partial charge in [-0.25, -0.2) is 9.97 Å². The number of aliphatic carboxylic acids is 1. The van der Waals surface area contributed by atoms with Gasteiger partial charge in [0.25, 0.3) is 0 Å². The van der Waals surface area contributed by atoms with E-state index in [4.69, 9.17) is 5.11 Å². The van der Waals surface area contributed by atoms with Gasteiger partial charge in [-0.15, -0.1) is 6.58 Å². The molecular weight excluding hydrogens is 334 g/mol. The number of carboxylic acid groups (broad SMARTS) is 1. The van der Waals surface area contributed by atoms with Crippen LogP contribution >= 0.6 is 0 Å². The highest BCUT2D eigenvalue weighted by Crippen LogP contribution is 2.28. The molecule has 0 saturated heterocycles. The Labute approximate surface area is 149 Å². The van der Waals surface area contributed by atoms with E-state index in [1.54, 1.807) is 31.5 Å². The van der Waals surface area contributed by atoms with Gasteiger partial charge in [-0.1, -0.05) is 6.08 Å². The maximum atomic E-state index is 12.0. The monoisotopic (exact) mass is 351 g/mol. The second-order valence-corrected chi connectivity index (χ2v) is 5.82. The number of aryl methyl sites for hydroxylation is 1. The van der Waals surface area contributed by atoms with Crippen molar-refractivity contribution >= 4 is 22.7 Å². The molecule has 0 spiro atoms. The van der Waals surface area contributed by atoms with E-state index in [-0.39, 0.29) is 18.0 Å². The Kier molecular flexibility index (Phi) is 4.57. The van der Waals surface area contributed by atoms with E-state index in [2.05, 4.69) is 26.6 Å². The van der Waals surface area contributed by atoms with E-state index >= 15 is 0 Å². The molecular formula is C18H17N5O3. The number of carbonyl (C=O) groups excluding carboxylic acids is 1. The molecule has 0 bridgehead atoms. The fraction of sp³-hybridized carbons (Fsp3) is 0.222. The molecule has 0 radical (unpaired) electrons. The first kappa shape index (κ1) is 17.4. The summed E-state index contributed by atoms with van der Waals surface area (Å²) in [5.74, 6) is -0.661. The zero-order chi connectivity index (χ0) is 18.8. The molecule has 0 aliphatic carbocycles. The van der Waals surface area contributed by atoms with Crippen LogP contribution in [0.15, 0.2) is 31.1 Å². The molecule has 26 heavy (non-hydrogen) atoms.